The third-order valence-corrected chi connectivity index (χ3v) is 2.46. The van der Waals surface area contributed by atoms with Crippen molar-refractivity contribution in [1.82, 2.24) is 0 Å². The van der Waals surface area contributed by atoms with Gasteiger partial charge in [0.15, 0.2) is 0 Å². The van der Waals surface area contributed by atoms with Crippen molar-refractivity contribution in [3.8, 4) is 6.07 Å². The second kappa shape index (κ2) is 4.30. The summed E-state index contributed by atoms with van der Waals surface area (Å²) < 4.78 is 0. The molecule has 0 aromatic carbocycles. The Morgan fingerprint density at radius 3 is 2.25 bits per heavy atom. The van der Waals surface area contributed by atoms with Gasteiger partial charge in [0, 0.05) is 0 Å². The van der Waals surface area contributed by atoms with Crippen LogP contribution in [-0.2, 0) is 0 Å². The van der Waals surface area contributed by atoms with E-state index in [0.29, 0.717) is 5.92 Å². The zero-order valence-corrected chi connectivity index (χ0v) is 8.81. The third kappa shape index (κ3) is 3.09. The molecule has 0 aromatic rings. The molecule has 12 heavy (non-hydrogen) atoms. The van der Waals surface area contributed by atoms with Crippen LogP contribution < -0.4 is 0 Å². The summed E-state index contributed by atoms with van der Waals surface area (Å²) >= 11 is 0. The molecule has 1 unspecified atom stereocenters. The number of hydrogen-bond donors (Lipinski definition) is 0. The molecule has 0 saturated heterocycles. The van der Waals surface area contributed by atoms with Crippen LogP contribution in [0.4, 0.5) is 0 Å². The maximum atomic E-state index is 8.99. The molecule has 0 heterocycles. The van der Waals surface area contributed by atoms with Crippen molar-refractivity contribution in [2.24, 2.45) is 11.3 Å². The van der Waals surface area contributed by atoms with Crippen molar-refractivity contribution in [1.29, 1.82) is 5.26 Å². The van der Waals surface area contributed by atoms with Crippen LogP contribution in [-0.4, -0.2) is 0 Å². The first-order chi connectivity index (χ1) is 5.42. The monoisotopic (exact) mass is 165 g/mol. The normalized spacial score (nSPS) is 15.1. The number of allylic oxidation sites excluding steroid dienone is 2. The smallest absolute Gasteiger partial charge is 0.0692 e. The van der Waals surface area contributed by atoms with Gasteiger partial charge in [0.1, 0.15) is 0 Å². The van der Waals surface area contributed by atoms with Crippen molar-refractivity contribution >= 4 is 0 Å². The number of rotatable bonds is 3. The minimum absolute atomic E-state index is 0.197. The van der Waals surface area contributed by atoms with Crippen molar-refractivity contribution in [2.75, 3.05) is 0 Å². The molecule has 0 aliphatic heterocycles. The summed E-state index contributed by atoms with van der Waals surface area (Å²) in [6.45, 7) is 10.4. The van der Waals surface area contributed by atoms with Gasteiger partial charge in [-0.05, 0) is 33.1 Å². The lowest BCUT2D eigenvalue weighted by atomic mass is 9.77. The first kappa shape index (κ1) is 11.2. The summed E-state index contributed by atoms with van der Waals surface area (Å²) in [6, 6.07) is 2.39. The van der Waals surface area contributed by atoms with Gasteiger partial charge in [-0.3, -0.25) is 0 Å². The van der Waals surface area contributed by atoms with Crippen LogP contribution in [0.25, 0.3) is 0 Å². The molecule has 0 rings (SSSR count). The van der Waals surface area contributed by atoms with E-state index in [0.717, 1.165) is 6.42 Å². The largest absolute Gasteiger partial charge is 0.198 e. The van der Waals surface area contributed by atoms with Crippen LogP contribution in [0, 0.1) is 22.7 Å². The lowest BCUT2D eigenvalue weighted by Gasteiger charge is -2.24. The average Bonchev–Trinajstić information content (AvgIpc) is 1.99. The minimum atomic E-state index is -0.197. The van der Waals surface area contributed by atoms with E-state index in [4.69, 9.17) is 5.26 Å². The lowest BCUT2D eigenvalue weighted by Crippen LogP contribution is -2.20. The van der Waals surface area contributed by atoms with E-state index >= 15 is 0 Å². The highest BCUT2D eigenvalue weighted by atomic mass is 14.4. The van der Waals surface area contributed by atoms with Crippen LogP contribution in [0.5, 0.6) is 0 Å². The predicted molar refractivity (Wildman–Crippen MR) is 52.6 cm³/mol. The van der Waals surface area contributed by atoms with Crippen LogP contribution in [0.3, 0.4) is 0 Å². The zero-order valence-electron chi connectivity index (χ0n) is 8.81. The Hall–Kier alpha value is -0.770. The Labute approximate surface area is 76.1 Å². The van der Waals surface area contributed by atoms with E-state index in [9.17, 15) is 0 Å². The summed E-state index contributed by atoms with van der Waals surface area (Å²) in [5.41, 5.74) is 1.09. The highest BCUT2D eigenvalue weighted by molar-refractivity contribution is 5.05. The quantitative estimate of drug-likeness (QED) is 0.587. The summed E-state index contributed by atoms with van der Waals surface area (Å²) in [4.78, 5) is 0. The van der Waals surface area contributed by atoms with Gasteiger partial charge in [0.2, 0.25) is 0 Å². The highest BCUT2D eigenvalue weighted by Crippen LogP contribution is 2.30. The molecule has 0 radical (unpaired) electrons. The number of hydrogen-bond acceptors (Lipinski definition) is 1. The van der Waals surface area contributed by atoms with Gasteiger partial charge in [-0.15, -0.1) is 0 Å². The first-order valence-corrected chi connectivity index (χ1v) is 4.47. The van der Waals surface area contributed by atoms with Crippen molar-refractivity contribution in [3.05, 3.63) is 11.6 Å². The van der Waals surface area contributed by atoms with Gasteiger partial charge in [-0.2, -0.15) is 5.26 Å². The van der Waals surface area contributed by atoms with Gasteiger partial charge < -0.3 is 0 Å². The van der Waals surface area contributed by atoms with Gasteiger partial charge in [-0.1, -0.05) is 25.5 Å². The molecule has 1 nitrogen and oxygen atoms in total. The molecule has 1 atom stereocenters. The Balaban J connectivity index is 4.38. The number of nitriles is 1. The maximum absolute atomic E-state index is 8.99. The molecule has 0 aliphatic rings. The van der Waals surface area contributed by atoms with Gasteiger partial charge in [0.25, 0.3) is 0 Å². The summed E-state index contributed by atoms with van der Waals surface area (Å²) in [5.74, 6) is 0.415. The van der Waals surface area contributed by atoms with Crippen LogP contribution in [0.2, 0.25) is 0 Å². The molecular weight excluding hydrogens is 146 g/mol. The molecule has 0 spiro atoms. The predicted octanol–water partition coefficient (Wildman–Crippen LogP) is 3.53. The molecular formula is C11H19N. The van der Waals surface area contributed by atoms with Gasteiger partial charge in [-0.25, -0.2) is 0 Å². The fourth-order valence-corrected chi connectivity index (χ4v) is 0.827. The van der Waals surface area contributed by atoms with E-state index < -0.39 is 0 Å². The molecule has 1 heteroatoms. The second-order valence-electron chi connectivity index (χ2n) is 4.17. The Morgan fingerprint density at radius 1 is 1.50 bits per heavy atom. The third-order valence-electron chi connectivity index (χ3n) is 2.46. The zero-order chi connectivity index (χ0) is 9.78. The Bertz CT molecular complexity index is 204. The van der Waals surface area contributed by atoms with Crippen LogP contribution >= 0.6 is 0 Å². The van der Waals surface area contributed by atoms with Gasteiger partial charge >= 0.3 is 0 Å². The SMILES string of the molecule is CC(C)=CCC(C)(C#N)C(C)C. The summed E-state index contributed by atoms with van der Waals surface area (Å²) in [6.07, 6.45) is 3.01. The number of nitrogens with zero attached hydrogens (tertiary/aromatic N) is 1. The molecule has 0 aliphatic carbocycles. The molecule has 0 N–H and O–H groups in total. The van der Waals surface area contributed by atoms with Crippen molar-refractivity contribution < 1.29 is 0 Å². The Morgan fingerprint density at radius 2 is 2.00 bits per heavy atom. The minimum Gasteiger partial charge on any atom is -0.198 e. The van der Waals surface area contributed by atoms with Crippen molar-refractivity contribution in [3.63, 3.8) is 0 Å². The van der Waals surface area contributed by atoms with E-state index in [1.54, 1.807) is 0 Å². The highest BCUT2D eigenvalue weighted by Gasteiger charge is 2.26. The van der Waals surface area contributed by atoms with Crippen LogP contribution in [0.15, 0.2) is 11.6 Å². The topological polar surface area (TPSA) is 23.8 Å². The molecule has 0 fully saturated rings. The van der Waals surface area contributed by atoms with E-state index in [-0.39, 0.29) is 5.41 Å². The fourth-order valence-electron chi connectivity index (χ4n) is 0.827. The Kier molecular flexibility index (Phi) is 4.03. The maximum Gasteiger partial charge on any atom is 0.0692 e. The standard InChI is InChI=1S/C11H19N/c1-9(2)6-7-11(5,8-12)10(3)4/h6,10H,7H2,1-5H3. The molecule has 68 valence electrons. The fraction of sp³-hybridized carbons (Fsp3) is 0.727. The molecule has 0 bridgehead atoms. The van der Waals surface area contributed by atoms with Crippen LogP contribution in [0.1, 0.15) is 41.0 Å². The van der Waals surface area contributed by atoms with E-state index in [2.05, 4.69) is 39.8 Å². The lowest BCUT2D eigenvalue weighted by molar-refractivity contribution is 0.313. The molecule has 0 amide bonds. The average molecular weight is 165 g/mol. The summed E-state index contributed by atoms with van der Waals surface area (Å²) in [5, 5.41) is 8.99. The van der Waals surface area contributed by atoms with Crippen molar-refractivity contribution in [2.45, 2.75) is 41.0 Å². The van der Waals surface area contributed by atoms with E-state index in [1.807, 2.05) is 6.92 Å². The van der Waals surface area contributed by atoms with Gasteiger partial charge in [0.05, 0.1) is 11.5 Å². The summed E-state index contributed by atoms with van der Waals surface area (Å²) in [7, 11) is 0. The second-order valence-corrected chi connectivity index (χ2v) is 4.17. The van der Waals surface area contributed by atoms with E-state index in [1.165, 1.54) is 5.57 Å². The molecule has 0 saturated carbocycles. The molecule has 0 aromatic heterocycles. The first-order valence-electron chi connectivity index (χ1n) is 4.47.